The largest absolute Gasteiger partial charge is 0.273 e. The maximum absolute atomic E-state index is 12.8. The molecule has 4 nitrogen and oxygen atoms in total. The van der Waals surface area contributed by atoms with Gasteiger partial charge in [-0.1, -0.05) is 15.9 Å². The number of amides is 2. The molecular weight excluding hydrogens is 392 g/mol. The molecule has 0 aromatic heterocycles. The number of carbonyl (C=O) groups is 2. The molecule has 5 rings (SSSR count). The highest BCUT2D eigenvalue weighted by Gasteiger charge is 2.60. The lowest BCUT2D eigenvalue weighted by atomic mass is 9.49. The molecule has 2 unspecified atom stereocenters. The molecule has 0 saturated heterocycles. The molecule has 2 N–H and O–H groups in total. The molecule has 0 aliphatic heterocycles. The van der Waals surface area contributed by atoms with E-state index in [0.29, 0.717) is 17.4 Å². The summed E-state index contributed by atoms with van der Waals surface area (Å²) >= 11 is 10.1. The van der Waals surface area contributed by atoms with Crippen LogP contribution in [0.5, 0.6) is 0 Å². The summed E-state index contributed by atoms with van der Waals surface area (Å²) in [6.07, 6.45) is 5.80. The Morgan fingerprint density at radius 3 is 2.25 bits per heavy atom. The van der Waals surface area contributed by atoms with Crippen molar-refractivity contribution in [2.45, 2.75) is 43.4 Å². The molecule has 24 heavy (non-hydrogen) atoms. The van der Waals surface area contributed by atoms with Crippen molar-refractivity contribution in [2.24, 2.45) is 17.3 Å². The quantitative estimate of drug-likeness (QED) is 0.574. The number of hydrogen-bond acceptors (Lipinski definition) is 2. The van der Waals surface area contributed by atoms with Crippen molar-refractivity contribution in [3.63, 3.8) is 0 Å². The van der Waals surface area contributed by atoms with Crippen LogP contribution < -0.4 is 10.9 Å². The molecule has 4 saturated carbocycles. The molecule has 0 radical (unpaired) electrons. The molecule has 1 aromatic rings. The minimum Gasteiger partial charge on any atom is -0.273 e. The van der Waals surface area contributed by atoms with Crippen LogP contribution in [-0.2, 0) is 4.79 Å². The molecule has 2 atom stereocenters. The number of nitrogens with one attached hydrogen (secondary N) is 2. The summed E-state index contributed by atoms with van der Waals surface area (Å²) < 4.78 is 0.907. The van der Waals surface area contributed by atoms with Gasteiger partial charge in [0, 0.05) is 14.9 Å². The summed E-state index contributed by atoms with van der Waals surface area (Å²) in [5.41, 5.74) is 5.33. The number of carbonyl (C=O) groups excluding carboxylic acids is 2. The normalized spacial score (nSPS) is 36.4. The van der Waals surface area contributed by atoms with E-state index in [1.807, 2.05) is 0 Å². The van der Waals surface area contributed by atoms with Crippen molar-refractivity contribution < 1.29 is 9.59 Å². The maximum atomic E-state index is 12.8. The van der Waals surface area contributed by atoms with Crippen molar-refractivity contribution in [1.29, 1.82) is 0 Å². The molecule has 4 bridgehead atoms. The first kappa shape index (κ1) is 16.4. The highest BCUT2D eigenvalue weighted by atomic mass is 79.9. The molecule has 4 aliphatic carbocycles. The second-order valence-corrected chi connectivity index (χ2v) is 9.52. The Hall–Kier alpha value is -1.07. The molecule has 4 fully saturated rings. The fourth-order valence-electron chi connectivity index (χ4n) is 5.34. The van der Waals surface area contributed by atoms with Crippen molar-refractivity contribution >= 4 is 39.3 Å². The van der Waals surface area contributed by atoms with Gasteiger partial charge in [0.1, 0.15) is 0 Å². The van der Waals surface area contributed by atoms with E-state index in [-0.39, 0.29) is 16.7 Å². The monoisotopic (exact) mass is 410 g/mol. The number of rotatable bonds is 2. The second-order valence-electron chi connectivity index (χ2n) is 7.81. The van der Waals surface area contributed by atoms with Crippen LogP contribution in [0.3, 0.4) is 0 Å². The van der Waals surface area contributed by atoms with E-state index in [4.69, 9.17) is 11.6 Å². The molecule has 0 spiro atoms. The predicted octanol–water partition coefficient (Wildman–Crippen LogP) is 3.79. The van der Waals surface area contributed by atoms with E-state index in [2.05, 4.69) is 26.8 Å². The van der Waals surface area contributed by atoms with Gasteiger partial charge in [0.25, 0.3) is 5.91 Å². The summed E-state index contributed by atoms with van der Waals surface area (Å²) in [4.78, 5) is 24.8. The van der Waals surface area contributed by atoms with Crippen molar-refractivity contribution in [2.75, 3.05) is 0 Å². The lowest BCUT2D eigenvalue weighted by molar-refractivity contribution is -0.145. The van der Waals surface area contributed by atoms with Gasteiger partial charge in [-0.25, -0.2) is 0 Å². The molecule has 1 aromatic carbocycles. The number of hydrogen-bond donors (Lipinski definition) is 2. The van der Waals surface area contributed by atoms with Crippen LogP contribution in [0, 0.1) is 17.3 Å². The second kappa shape index (κ2) is 5.73. The lowest BCUT2D eigenvalue weighted by Gasteiger charge is -2.59. The minimum absolute atomic E-state index is 0.0768. The van der Waals surface area contributed by atoms with Gasteiger partial charge >= 0.3 is 0 Å². The number of alkyl halides is 1. The Morgan fingerprint density at radius 1 is 1.04 bits per heavy atom. The zero-order valence-electron chi connectivity index (χ0n) is 13.3. The Bertz CT molecular complexity index is 677. The standard InChI is InChI=1S/C18H20BrClN2O2/c19-14-3-1-13(2-4-14)15(23)21-22-16(24)17-6-11-5-12(7-17)9-18(20,8-11)10-17/h1-4,11-12H,5-10H2,(H,21,23)(H,22,24). The summed E-state index contributed by atoms with van der Waals surface area (Å²) in [6, 6.07) is 7.02. The fraction of sp³-hybridized carbons (Fsp3) is 0.556. The third kappa shape index (κ3) is 2.86. The molecule has 6 heteroatoms. The van der Waals surface area contributed by atoms with Crippen molar-refractivity contribution in [3.8, 4) is 0 Å². The third-order valence-electron chi connectivity index (χ3n) is 5.87. The van der Waals surface area contributed by atoms with Crippen LogP contribution in [0.2, 0.25) is 0 Å². The van der Waals surface area contributed by atoms with Gasteiger partial charge < -0.3 is 0 Å². The Labute approximate surface area is 154 Å². The highest BCUT2D eigenvalue weighted by Crippen LogP contribution is 2.63. The average molecular weight is 412 g/mol. The smallest absolute Gasteiger partial charge is 0.269 e. The number of benzene rings is 1. The molecule has 4 aliphatic rings. The van der Waals surface area contributed by atoms with Gasteiger partial charge in [-0.2, -0.15) is 0 Å². The van der Waals surface area contributed by atoms with Crippen molar-refractivity contribution in [3.05, 3.63) is 34.3 Å². The third-order valence-corrected chi connectivity index (χ3v) is 6.84. The van der Waals surface area contributed by atoms with Crippen LogP contribution in [-0.4, -0.2) is 16.7 Å². The first-order valence-corrected chi connectivity index (χ1v) is 9.60. The van der Waals surface area contributed by atoms with E-state index in [1.54, 1.807) is 24.3 Å². The Balaban J connectivity index is 1.43. The average Bonchev–Trinajstić information content (AvgIpc) is 2.50. The van der Waals surface area contributed by atoms with E-state index in [0.717, 1.165) is 36.6 Å². The van der Waals surface area contributed by atoms with Gasteiger partial charge in [0.05, 0.1) is 5.41 Å². The predicted molar refractivity (Wildman–Crippen MR) is 95.4 cm³/mol. The van der Waals surface area contributed by atoms with Crippen molar-refractivity contribution in [1.82, 2.24) is 10.9 Å². The van der Waals surface area contributed by atoms with E-state index < -0.39 is 5.41 Å². The molecular formula is C18H20BrClN2O2. The summed E-state index contributed by atoms with van der Waals surface area (Å²) in [5.74, 6) is 0.724. The van der Waals surface area contributed by atoms with E-state index in [9.17, 15) is 9.59 Å². The Kier molecular flexibility index (Phi) is 3.92. The zero-order valence-corrected chi connectivity index (χ0v) is 15.6. The first-order valence-electron chi connectivity index (χ1n) is 8.43. The number of halogens is 2. The molecule has 0 heterocycles. The van der Waals surface area contributed by atoms with Gasteiger partial charge in [0.15, 0.2) is 0 Å². The first-order chi connectivity index (χ1) is 11.4. The minimum atomic E-state index is -0.404. The highest BCUT2D eigenvalue weighted by molar-refractivity contribution is 9.10. The summed E-state index contributed by atoms with van der Waals surface area (Å²) in [7, 11) is 0. The molecule has 2 amide bonds. The van der Waals surface area contributed by atoms with Crippen LogP contribution in [0.4, 0.5) is 0 Å². The van der Waals surface area contributed by atoms with Gasteiger partial charge in [0.2, 0.25) is 5.91 Å². The van der Waals surface area contributed by atoms with Crippen LogP contribution in [0.15, 0.2) is 28.7 Å². The fourth-order valence-corrected chi connectivity index (χ4v) is 6.29. The van der Waals surface area contributed by atoms with Crippen LogP contribution in [0.25, 0.3) is 0 Å². The SMILES string of the molecule is O=C(NNC(=O)C12CC3CC(CC(Cl)(C3)C1)C2)c1ccc(Br)cc1. The van der Waals surface area contributed by atoms with E-state index in [1.165, 1.54) is 6.42 Å². The van der Waals surface area contributed by atoms with E-state index >= 15 is 0 Å². The maximum Gasteiger partial charge on any atom is 0.269 e. The zero-order chi connectivity index (χ0) is 16.9. The lowest BCUT2D eigenvalue weighted by Crippen LogP contribution is -2.60. The van der Waals surface area contributed by atoms with Crippen LogP contribution >= 0.6 is 27.5 Å². The number of hydrazine groups is 1. The molecule has 128 valence electrons. The van der Waals surface area contributed by atoms with Gasteiger partial charge in [-0.05, 0) is 74.6 Å². The van der Waals surface area contributed by atoms with Gasteiger partial charge in [-0.3, -0.25) is 20.4 Å². The summed E-state index contributed by atoms with van der Waals surface area (Å²) in [6.45, 7) is 0. The van der Waals surface area contributed by atoms with Crippen LogP contribution in [0.1, 0.15) is 48.9 Å². The Morgan fingerprint density at radius 2 is 1.67 bits per heavy atom. The topological polar surface area (TPSA) is 58.2 Å². The van der Waals surface area contributed by atoms with Gasteiger partial charge in [-0.15, -0.1) is 11.6 Å². The summed E-state index contributed by atoms with van der Waals surface area (Å²) in [5, 5.41) is 0.